The summed E-state index contributed by atoms with van der Waals surface area (Å²) in [6, 6.07) is 0. The van der Waals surface area contributed by atoms with Gasteiger partial charge in [-0.2, -0.15) is 0 Å². The first kappa shape index (κ1) is 26.2. The molecule has 3 aliphatic rings. The Bertz CT molecular complexity index is 610. The number of allylic oxidation sites excluding steroid dienone is 2. The highest BCUT2D eigenvalue weighted by Gasteiger charge is 2.34. The average molecular weight is 465 g/mol. The van der Waals surface area contributed by atoms with Gasteiger partial charge in [0, 0.05) is 6.42 Å². The van der Waals surface area contributed by atoms with Crippen molar-refractivity contribution < 1.29 is 28.5 Å². The largest absolute Gasteiger partial charge is 0.463 e. The predicted molar refractivity (Wildman–Crippen MR) is 127 cm³/mol. The summed E-state index contributed by atoms with van der Waals surface area (Å²) in [6.45, 7) is 4.48. The molecule has 0 bridgehead atoms. The first-order chi connectivity index (χ1) is 16.2. The SMILES string of the molecule is CCCCCCC1C=CC(CCCCCCCC(=O)OCC2CO2)C(C(=O)OCC2CO2)C1. The third-order valence-corrected chi connectivity index (χ3v) is 7.00. The van der Waals surface area contributed by atoms with Crippen LogP contribution < -0.4 is 0 Å². The Balaban J connectivity index is 1.31. The van der Waals surface area contributed by atoms with E-state index in [0.29, 0.717) is 32.2 Å². The van der Waals surface area contributed by atoms with Crippen molar-refractivity contribution in [2.24, 2.45) is 17.8 Å². The van der Waals surface area contributed by atoms with E-state index in [2.05, 4.69) is 19.1 Å². The zero-order chi connectivity index (χ0) is 23.3. The molecule has 2 fully saturated rings. The number of ether oxygens (including phenoxy) is 4. The van der Waals surface area contributed by atoms with Crippen LogP contribution >= 0.6 is 0 Å². The summed E-state index contributed by atoms with van der Waals surface area (Å²) in [4.78, 5) is 24.5. The summed E-state index contributed by atoms with van der Waals surface area (Å²) in [5.41, 5.74) is 0. The van der Waals surface area contributed by atoms with Crippen LogP contribution in [0.1, 0.15) is 90.4 Å². The molecule has 2 saturated heterocycles. The van der Waals surface area contributed by atoms with E-state index in [0.717, 1.165) is 51.6 Å². The molecule has 6 heteroatoms. The summed E-state index contributed by atoms with van der Waals surface area (Å²) in [7, 11) is 0. The molecule has 0 aromatic rings. The molecule has 0 aromatic carbocycles. The van der Waals surface area contributed by atoms with Crippen LogP contribution in [-0.2, 0) is 28.5 Å². The maximum atomic E-state index is 12.8. The van der Waals surface area contributed by atoms with Crippen molar-refractivity contribution in [2.75, 3.05) is 26.4 Å². The van der Waals surface area contributed by atoms with Gasteiger partial charge in [-0.1, -0.05) is 70.4 Å². The van der Waals surface area contributed by atoms with Gasteiger partial charge in [0.05, 0.1) is 19.1 Å². The summed E-state index contributed by atoms with van der Waals surface area (Å²) >= 11 is 0. The molecule has 3 rings (SSSR count). The minimum absolute atomic E-state index is 0.0184. The third kappa shape index (κ3) is 11.0. The fourth-order valence-corrected chi connectivity index (χ4v) is 4.68. The molecule has 0 N–H and O–H groups in total. The molecule has 0 amide bonds. The van der Waals surface area contributed by atoms with Gasteiger partial charge in [0.15, 0.2) is 0 Å². The summed E-state index contributed by atoms with van der Waals surface area (Å²) in [5, 5.41) is 0. The molecule has 1 aliphatic carbocycles. The van der Waals surface area contributed by atoms with Crippen LogP contribution in [0, 0.1) is 17.8 Å². The summed E-state index contributed by atoms with van der Waals surface area (Å²) < 4.78 is 21.0. The van der Waals surface area contributed by atoms with Gasteiger partial charge in [-0.3, -0.25) is 9.59 Å². The van der Waals surface area contributed by atoms with Gasteiger partial charge < -0.3 is 18.9 Å². The lowest BCUT2D eigenvalue weighted by Gasteiger charge is -2.30. The summed E-state index contributed by atoms with van der Waals surface area (Å²) in [5.74, 6) is 0.618. The number of hydrogen-bond donors (Lipinski definition) is 0. The lowest BCUT2D eigenvalue weighted by atomic mass is 9.75. The van der Waals surface area contributed by atoms with E-state index in [9.17, 15) is 9.59 Å². The fourth-order valence-electron chi connectivity index (χ4n) is 4.68. The zero-order valence-corrected chi connectivity index (χ0v) is 20.5. The summed E-state index contributed by atoms with van der Waals surface area (Å²) in [6.07, 6.45) is 18.9. The van der Waals surface area contributed by atoms with Crippen molar-refractivity contribution >= 4 is 11.9 Å². The van der Waals surface area contributed by atoms with Gasteiger partial charge in [-0.05, 0) is 37.5 Å². The molecule has 33 heavy (non-hydrogen) atoms. The van der Waals surface area contributed by atoms with E-state index in [1.54, 1.807) is 0 Å². The van der Waals surface area contributed by atoms with E-state index in [1.807, 2.05) is 0 Å². The fraction of sp³-hybridized carbons (Fsp3) is 0.852. The van der Waals surface area contributed by atoms with Crippen molar-refractivity contribution in [2.45, 2.75) is 103 Å². The number of rotatable bonds is 18. The Morgan fingerprint density at radius 2 is 1.45 bits per heavy atom. The predicted octanol–water partition coefficient (Wildman–Crippen LogP) is 5.38. The van der Waals surface area contributed by atoms with Crippen molar-refractivity contribution in [1.82, 2.24) is 0 Å². The molecule has 0 spiro atoms. The van der Waals surface area contributed by atoms with Crippen LogP contribution in [-0.4, -0.2) is 50.6 Å². The Kier molecular flexibility index (Phi) is 11.7. The van der Waals surface area contributed by atoms with E-state index in [4.69, 9.17) is 18.9 Å². The maximum absolute atomic E-state index is 12.8. The molecule has 5 atom stereocenters. The quantitative estimate of drug-likeness (QED) is 0.117. The molecule has 0 aromatic heterocycles. The van der Waals surface area contributed by atoms with Gasteiger partial charge in [-0.15, -0.1) is 0 Å². The Labute approximate surface area is 199 Å². The van der Waals surface area contributed by atoms with Crippen LogP contribution in [0.4, 0.5) is 0 Å². The van der Waals surface area contributed by atoms with Gasteiger partial charge >= 0.3 is 11.9 Å². The van der Waals surface area contributed by atoms with Crippen LogP contribution in [0.2, 0.25) is 0 Å². The van der Waals surface area contributed by atoms with Crippen molar-refractivity contribution in [3.05, 3.63) is 12.2 Å². The Morgan fingerprint density at radius 3 is 2.18 bits per heavy atom. The number of hydrogen-bond acceptors (Lipinski definition) is 6. The van der Waals surface area contributed by atoms with Gasteiger partial charge in [0.1, 0.15) is 25.4 Å². The standard InChI is InChI=1S/C27H44O6/c1-2-3-4-8-11-21-14-15-22(25(16-21)27(29)33-20-24-18-31-24)12-9-6-5-7-10-13-26(28)32-19-23-17-30-23/h14-15,21-25H,2-13,16-20H2,1H3. The van der Waals surface area contributed by atoms with E-state index in [-0.39, 0.29) is 36.0 Å². The van der Waals surface area contributed by atoms with Crippen molar-refractivity contribution in [1.29, 1.82) is 0 Å². The van der Waals surface area contributed by atoms with E-state index < -0.39 is 0 Å². The van der Waals surface area contributed by atoms with Crippen LogP contribution in [0.3, 0.4) is 0 Å². The highest BCUT2D eigenvalue weighted by atomic mass is 16.6. The Hall–Kier alpha value is -1.40. The molecule has 0 saturated carbocycles. The second-order valence-electron chi connectivity index (χ2n) is 10.0. The Morgan fingerprint density at radius 1 is 0.818 bits per heavy atom. The second kappa shape index (κ2) is 14.8. The first-order valence-electron chi connectivity index (χ1n) is 13.4. The van der Waals surface area contributed by atoms with Gasteiger partial charge in [-0.25, -0.2) is 0 Å². The zero-order valence-electron chi connectivity index (χ0n) is 20.5. The second-order valence-corrected chi connectivity index (χ2v) is 10.0. The minimum Gasteiger partial charge on any atom is -0.463 e. The van der Waals surface area contributed by atoms with E-state index in [1.165, 1.54) is 32.1 Å². The lowest BCUT2D eigenvalue weighted by molar-refractivity contribution is -0.151. The highest BCUT2D eigenvalue weighted by Crippen LogP contribution is 2.35. The minimum atomic E-state index is -0.111. The maximum Gasteiger partial charge on any atom is 0.309 e. The number of carbonyl (C=O) groups is 2. The van der Waals surface area contributed by atoms with Gasteiger partial charge in [0.25, 0.3) is 0 Å². The molecular formula is C27H44O6. The number of carbonyl (C=O) groups excluding carboxylic acids is 2. The first-order valence-corrected chi connectivity index (χ1v) is 13.4. The monoisotopic (exact) mass is 464 g/mol. The molecule has 5 unspecified atom stereocenters. The highest BCUT2D eigenvalue weighted by molar-refractivity contribution is 5.73. The smallest absolute Gasteiger partial charge is 0.309 e. The number of unbranched alkanes of at least 4 members (excludes halogenated alkanes) is 7. The number of epoxide rings is 2. The van der Waals surface area contributed by atoms with Crippen molar-refractivity contribution in [3.8, 4) is 0 Å². The molecule has 2 heterocycles. The van der Waals surface area contributed by atoms with Crippen LogP contribution in [0.5, 0.6) is 0 Å². The lowest BCUT2D eigenvalue weighted by Crippen LogP contribution is -2.30. The van der Waals surface area contributed by atoms with Crippen LogP contribution in [0.15, 0.2) is 12.2 Å². The third-order valence-electron chi connectivity index (χ3n) is 7.00. The normalized spacial score (nSPS) is 27.8. The van der Waals surface area contributed by atoms with E-state index >= 15 is 0 Å². The molecule has 188 valence electrons. The molecular weight excluding hydrogens is 420 g/mol. The topological polar surface area (TPSA) is 77.7 Å². The number of esters is 2. The molecule has 0 radical (unpaired) electrons. The van der Waals surface area contributed by atoms with Crippen LogP contribution in [0.25, 0.3) is 0 Å². The molecule has 2 aliphatic heterocycles. The van der Waals surface area contributed by atoms with Crippen molar-refractivity contribution in [3.63, 3.8) is 0 Å². The average Bonchev–Trinajstić information content (AvgIpc) is 3.74. The van der Waals surface area contributed by atoms with Gasteiger partial charge in [0.2, 0.25) is 0 Å². The molecule has 6 nitrogen and oxygen atoms in total.